The second kappa shape index (κ2) is 7.40. The number of nitrogens with zero attached hydrogens (tertiary/aromatic N) is 3. The minimum absolute atomic E-state index is 0.00948. The molecule has 112 valence electrons. The van der Waals surface area contributed by atoms with Gasteiger partial charge < -0.3 is 14.4 Å². The van der Waals surface area contributed by atoms with Crippen molar-refractivity contribution in [3.8, 4) is 0 Å². The Morgan fingerprint density at radius 3 is 3.00 bits per heavy atom. The molecule has 0 saturated carbocycles. The summed E-state index contributed by atoms with van der Waals surface area (Å²) in [4.78, 5) is 17.5. The minimum atomic E-state index is -0.747. The highest BCUT2D eigenvalue weighted by molar-refractivity contribution is 5.71. The van der Waals surface area contributed by atoms with Gasteiger partial charge in [0.05, 0.1) is 25.5 Å². The molecular weight excluding hydrogens is 258 g/mol. The lowest BCUT2D eigenvalue weighted by Gasteiger charge is -2.30. The van der Waals surface area contributed by atoms with Crippen LogP contribution in [0.5, 0.6) is 0 Å². The molecule has 0 radical (unpaired) electrons. The van der Waals surface area contributed by atoms with E-state index in [1.54, 1.807) is 6.20 Å². The molecule has 1 fully saturated rings. The summed E-state index contributed by atoms with van der Waals surface area (Å²) < 4.78 is 7.42. The van der Waals surface area contributed by atoms with Gasteiger partial charge in [0.2, 0.25) is 0 Å². The summed E-state index contributed by atoms with van der Waals surface area (Å²) in [6.07, 6.45) is 7.54. The third-order valence-electron chi connectivity index (χ3n) is 3.77. The summed E-state index contributed by atoms with van der Waals surface area (Å²) in [7, 11) is 0. The van der Waals surface area contributed by atoms with Crippen LogP contribution in [0.3, 0.4) is 0 Å². The van der Waals surface area contributed by atoms with Crippen molar-refractivity contribution in [2.75, 3.05) is 26.3 Å². The molecule has 1 aromatic rings. The molecule has 1 aliphatic rings. The molecule has 2 heterocycles. The molecule has 2 unspecified atom stereocenters. The van der Waals surface area contributed by atoms with Crippen LogP contribution < -0.4 is 0 Å². The van der Waals surface area contributed by atoms with E-state index >= 15 is 0 Å². The third-order valence-corrected chi connectivity index (χ3v) is 3.77. The minimum Gasteiger partial charge on any atom is -0.481 e. The van der Waals surface area contributed by atoms with E-state index in [1.807, 2.05) is 17.1 Å². The average Bonchev–Trinajstić information content (AvgIpc) is 3.08. The molecular formula is C14H23N3O3. The first-order chi connectivity index (χ1) is 9.72. The molecule has 1 aromatic heterocycles. The average molecular weight is 281 g/mol. The number of carboxylic acid groups (broad SMARTS) is 1. The molecule has 2 rings (SSSR count). The van der Waals surface area contributed by atoms with Gasteiger partial charge in [-0.25, -0.2) is 4.98 Å². The lowest BCUT2D eigenvalue weighted by Crippen LogP contribution is -2.44. The van der Waals surface area contributed by atoms with Crippen LogP contribution in [0.25, 0.3) is 0 Å². The Morgan fingerprint density at radius 1 is 1.50 bits per heavy atom. The van der Waals surface area contributed by atoms with Crippen molar-refractivity contribution < 1.29 is 14.6 Å². The summed E-state index contributed by atoms with van der Waals surface area (Å²) in [6, 6.07) is 0.00948. The summed E-state index contributed by atoms with van der Waals surface area (Å²) >= 11 is 0. The van der Waals surface area contributed by atoms with Crippen LogP contribution in [0, 0.1) is 5.92 Å². The Kier molecular flexibility index (Phi) is 5.55. The van der Waals surface area contributed by atoms with Crippen molar-refractivity contribution in [1.82, 2.24) is 14.5 Å². The fourth-order valence-corrected chi connectivity index (χ4v) is 2.74. The molecule has 0 aromatic carbocycles. The van der Waals surface area contributed by atoms with Gasteiger partial charge in [-0.2, -0.15) is 0 Å². The molecule has 6 heteroatoms. The standard InChI is InChI=1S/C14H23N3O3/c1-2-5-17(7-3-6-16-8-4-15-11-16)13-10-20-9-12(13)14(18)19/h4,8,11-13H,2-3,5-7,9-10H2,1H3,(H,18,19). The number of imidazole rings is 1. The summed E-state index contributed by atoms with van der Waals surface area (Å²) in [6.45, 7) is 5.70. The Hall–Kier alpha value is -1.40. The predicted octanol–water partition coefficient (Wildman–Crippen LogP) is 1.08. The number of hydrogen-bond donors (Lipinski definition) is 1. The largest absolute Gasteiger partial charge is 0.481 e. The molecule has 0 spiro atoms. The maximum Gasteiger partial charge on any atom is 0.310 e. The van der Waals surface area contributed by atoms with E-state index in [2.05, 4.69) is 16.8 Å². The molecule has 2 atom stereocenters. The first-order valence-electron chi connectivity index (χ1n) is 7.22. The maximum absolute atomic E-state index is 11.3. The van der Waals surface area contributed by atoms with Crippen LogP contribution in [-0.4, -0.2) is 57.9 Å². The number of carbonyl (C=O) groups is 1. The van der Waals surface area contributed by atoms with Gasteiger partial charge in [0.1, 0.15) is 0 Å². The van der Waals surface area contributed by atoms with E-state index in [9.17, 15) is 9.90 Å². The first-order valence-corrected chi connectivity index (χ1v) is 7.22. The third kappa shape index (κ3) is 3.80. The molecule has 1 N–H and O–H groups in total. The van der Waals surface area contributed by atoms with Gasteiger partial charge in [-0.15, -0.1) is 0 Å². The smallest absolute Gasteiger partial charge is 0.310 e. The number of hydrogen-bond acceptors (Lipinski definition) is 4. The van der Waals surface area contributed by atoms with E-state index in [4.69, 9.17) is 4.74 Å². The van der Waals surface area contributed by atoms with Crippen molar-refractivity contribution in [1.29, 1.82) is 0 Å². The van der Waals surface area contributed by atoms with Crippen molar-refractivity contribution >= 4 is 5.97 Å². The topological polar surface area (TPSA) is 67.6 Å². The highest BCUT2D eigenvalue weighted by atomic mass is 16.5. The Balaban J connectivity index is 1.87. The van der Waals surface area contributed by atoms with Crippen LogP contribution in [0.1, 0.15) is 19.8 Å². The van der Waals surface area contributed by atoms with Crippen LogP contribution in [0.2, 0.25) is 0 Å². The molecule has 6 nitrogen and oxygen atoms in total. The second-order valence-corrected chi connectivity index (χ2v) is 5.24. The zero-order valence-corrected chi connectivity index (χ0v) is 11.9. The monoisotopic (exact) mass is 281 g/mol. The van der Waals surface area contributed by atoms with Crippen LogP contribution in [0.15, 0.2) is 18.7 Å². The van der Waals surface area contributed by atoms with Crippen molar-refractivity contribution in [2.24, 2.45) is 5.92 Å². The summed E-state index contributed by atoms with van der Waals surface area (Å²) in [5.74, 6) is -1.14. The number of aryl methyl sites for hydroxylation is 1. The molecule has 0 amide bonds. The maximum atomic E-state index is 11.3. The van der Waals surface area contributed by atoms with E-state index in [-0.39, 0.29) is 6.04 Å². The normalized spacial score (nSPS) is 22.5. The van der Waals surface area contributed by atoms with Gasteiger partial charge in [0.15, 0.2) is 0 Å². The van der Waals surface area contributed by atoms with Crippen molar-refractivity contribution in [3.05, 3.63) is 18.7 Å². The quantitative estimate of drug-likeness (QED) is 0.772. The molecule has 1 aliphatic heterocycles. The van der Waals surface area contributed by atoms with Gasteiger partial charge in [-0.1, -0.05) is 6.92 Å². The zero-order chi connectivity index (χ0) is 14.4. The van der Waals surface area contributed by atoms with Crippen LogP contribution in [0.4, 0.5) is 0 Å². The lowest BCUT2D eigenvalue weighted by atomic mass is 10.0. The molecule has 0 bridgehead atoms. The predicted molar refractivity (Wildman–Crippen MR) is 74.4 cm³/mol. The number of rotatable bonds is 8. The SMILES string of the molecule is CCCN(CCCn1ccnc1)C1COCC1C(=O)O. The zero-order valence-electron chi connectivity index (χ0n) is 11.9. The highest BCUT2D eigenvalue weighted by Gasteiger charge is 2.37. The molecule has 1 saturated heterocycles. The fraction of sp³-hybridized carbons (Fsp3) is 0.714. The summed E-state index contributed by atoms with van der Waals surface area (Å²) in [5, 5.41) is 9.26. The van der Waals surface area contributed by atoms with Crippen LogP contribution in [-0.2, 0) is 16.1 Å². The molecule has 0 aliphatic carbocycles. The van der Waals surface area contributed by atoms with Crippen molar-refractivity contribution in [3.63, 3.8) is 0 Å². The van der Waals surface area contributed by atoms with E-state index in [0.29, 0.717) is 13.2 Å². The van der Waals surface area contributed by atoms with E-state index in [0.717, 1.165) is 32.5 Å². The number of aromatic nitrogens is 2. The number of carboxylic acids is 1. The Labute approximate surface area is 119 Å². The Bertz CT molecular complexity index is 408. The van der Waals surface area contributed by atoms with Crippen LogP contribution >= 0.6 is 0 Å². The van der Waals surface area contributed by atoms with Gasteiger partial charge in [0.25, 0.3) is 0 Å². The number of ether oxygens (including phenoxy) is 1. The fourth-order valence-electron chi connectivity index (χ4n) is 2.74. The number of aliphatic carboxylic acids is 1. The van der Waals surface area contributed by atoms with Gasteiger partial charge in [-0.3, -0.25) is 9.69 Å². The van der Waals surface area contributed by atoms with Gasteiger partial charge >= 0.3 is 5.97 Å². The lowest BCUT2D eigenvalue weighted by molar-refractivity contribution is -0.143. The first kappa shape index (κ1) is 15.0. The van der Waals surface area contributed by atoms with E-state index < -0.39 is 11.9 Å². The summed E-state index contributed by atoms with van der Waals surface area (Å²) in [5.41, 5.74) is 0. The molecule has 20 heavy (non-hydrogen) atoms. The van der Waals surface area contributed by atoms with Gasteiger partial charge in [-0.05, 0) is 19.4 Å². The second-order valence-electron chi connectivity index (χ2n) is 5.24. The highest BCUT2D eigenvalue weighted by Crippen LogP contribution is 2.20. The van der Waals surface area contributed by atoms with Gasteiger partial charge in [0, 0.05) is 31.5 Å². The Morgan fingerprint density at radius 2 is 2.35 bits per heavy atom. The van der Waals surface area contributed by atoms with Crippen molar-refractivity contribution in [2.45, 2.75) is 32.4 Å². The van der Waals surface area contributed by atoms with E-state index in [1.165, 1.54) is 0 Å².